The van der Waals surface area contributed by atoms with Crippen LogP contribution in [0.1, 0.15) is 35.5 Å². The monoisotopic (exact) mass is 595 g/mol. The van der Waals surface area contributed by atoms with Crippen LogP contribution in [-0.2, 0) is 30.8 Å². The van der Waals surface area contributed by atoms with Gasteiger partial charge in [-0.3, -0.25) is 14.3 Å². The van der Waals surface area contributed by atoms with Gasteiger partial charge in [0.15, 0.2) is 0 Å². The standard InChI is InChI=1S/C33H34ClN7O2/c1-33(2,35)25-7-5-6-22(17-25)23-10-13-27(34)24(16-23)18-28(39-32(43)29-14-15-37-41(29)4)31(42)38-26-11-8-21(9-12-26)30-19-36-20-40(30)3/h5-17,19-20,28H,18,35H2,1-4H3,(H,38,42)(H,39,43). The van der Waals surface area contributed by atoms with Crippen LogP contribution in [0.4, 0.5) is 5.69 Å². The van der Waals surface area contributed by atoms with Gasteiger partial charge in [-0.15, -0.1) is 0 Å². The van der Waals surface area contributed by atoms with E-state index in [2.05, 4.69) is 26.8 Å². The molecule has 0 aliphatic rings. The number of nitrogens with one attached hydrogen (secondary N) is 2. The lowest BCUT2D eigenvalue weighted by Gasteiger charge is -2.21. The van der Waals surface area contributed by atoms with Crippen LogP contribution in [0, 0.1) is 0 Å². The largest absolute Gasteiger partial charge is 0.339 e. The Morgan fingerprint density at radius 2 is 1.70 bits per heavy atom. The first-order valence-electron chi connectivity index (χ1n) is 13.8. The van der Waals surface area contributed by atoms with E-state index in [1.54, 1.807) is 25.6 Å². The summed E-state index contributed by atoms with van der Waals surface area (Å²) in [6.45, 7) is 3.92. The van der Waals surface area contributed by atoms with Gasteiger partial charge in [-0.1, -0.05) is 48.0 Å². The Hall–Kier alpha value is -4.73. The minimum absolute atomic E-state index is 0.164. The van der Waals surface area contributed by atoms with Crippen molar-refractivity contribution in [2.45, 2.75) is 31.8 Å². The smallest absolute Gasteiger partial charge is 0.270 e. The zero-order valence-corrected chi connectivity index (χ0v) is 25.3. The summed E-state index contributed by atoms with van der Waals surface area (Å²) in [7, 11) is 3.59. The van der Waals surface area contributed by atoms with Crippen LogP contribution in [0.25, 0.3) is 22.4 Å². The molecule has 2 amide bonds. The third-order valence-corrected chi connectivity index (χ3v) is 7.72. The Labute approximate surface area is 255 Å². The maximum absolute atomic E-state index is 13.7. The van der Waals surface area contributed by atoms with Crippen LogP contribution in [0.5, 0.6) is 0 Å². The second kappa shape index (κ2) is 12.2. The molecule has 0 spiro atoms. The van der Waals surface area contributed by atoms with Crippen LogP contribution < -0.4 is 16.4 Å². The molecule has 220 valence electrons. The molecule has 9 nitrogen and oxygen atoms in total. The topological polar surface area (TPSA) is 120 Å². The van der Waals surface area contributed by atoms with Gasteiger partial charge in [0.25, 0.3) is 5.91 Å². The van der Waals surface area contributed by atoms with Crippen molar-refractivity contribution in [1.82, 2.24) is 24.6 Å². The van der Waals surface area contributed by atoms with Crippen LogP contribution in [-0.4, -0.2) is 37.2 Å². The summed E-state index contributed by atoms with van der Waals surface area (Å²) in [5.41, 5.74) is 12.3. The van der Waals surface area contributed by atoms with Crippen molar-refractivity contribution in [3.63, 3.8) is 0 Å². The molecule has 0 aliphatic carbocycles. The number of imidazole rings is 1. The maximum atomic E-state index is 13.7. The fraction of sp³-hybridized carbons (Fsp3) is 0.212. The van der Waals surface area contributed by atoms with Gasteiger partial charge in [0, 0.05) is 43.0 Å². The zero-order chi connectivity index (χ0) is 30.7. The number of halogens is 1. The highest BCUT2D eigenvalue weighted by molar-refractivity contribution is 6.31. The Morgan fingerprint density at radius 1 is 0.977 bits per heavy atom. The van der Waals surface area contributed by atoms with Crippen LogP contribution in [0.2, 0.25) is 5.02 Å². The molecule has 3 aromatic carbocycles. The van der Waals surface area contributed by atoms with Crippen molar-refractivity contribution in [2.75, 3.05) is 5.32 Å². The van der Waals surface area contributed by atoms with E-state index >= 15 is 0 Å². The van der Waals surface area contributed by atoms with E-state index in [-0.39, 0.29) is 12.3 Å². The van der Waals surface area contributed by atoms with Crippen molar-refractivity contribution in [3.05, 3.63) is 113 Å². The van der Waals surface area contributed by atoms with E-state index in [4.69, 9.17) is 17.3 Å². The number of carbonyl (C=O) groups excluding carboxylic acids is 2. The number of rotatable bonds is 9. The molecular weight excluding hydrogens is 562 g/mol. The van der Waals surface area contributed by atoms with Gasteiger partial charge in [0.1, 0.15) is 11.7 Å². The highest BCUT2D eigenvalue weighted by atomic mass is 35.5. The van der Waals surface area contributed by atoms with Crippen LogP contribution >= 0.6 is 11.6 Å². The molecule has 0 saturated carbocycles. The highest BCUT2D eigenvalue weighted by Crippen LogP contribution is 2.29. The fourth-order valence-corrected chi connectivity index (χ4v) is 5.05. The third kappa shape index (κ3) is 6.85. The number of amides is 2. The van der Waals surface area contributed by atoms with Crippen molar-refractivity contribution in [3.8, 4) is 22.4 Å². The number of hydrogen-bond donors (Lipinski definition) is 3. The quantitative estimate of drug-likeness (QED) is 0.213. The van der Waals surface area contributed by atoms with E-state index in [0.717, 1.165) is 27.9 Å². The van der Waals surface area contributed by atoms with Gasteiger partial charge in [0.05, 0.1) is 18.2 Å². The van der Waals surface area contributed by atoms with Gasteiger partial charge in [-0.2, -0.15) is 5.10 Å². The van der Waals surface area contributed by atoms with Crippen molar-refractivity contribution < 1.29 is 9.59 Å². The second-order valence-corrected chi connectivity index (χ2v) is 11.5. The minimum Gasteiger partial charge on any atom is -0.339 e. The third-order valence-electron chi connectivity index (χ3n) is 7.35. The average Bonchev–Trinajstić information content (AvgIpc) is 3.61. The van der Waals surface area contributed by atoms with Crippen molar-refractivity contribution in [1.29, 1.82) is 0 Å². The Balaban J connectivity index is 1.42. The van der Waals surface area contributed by atoms with Gasteiger partial charge in [0.2, 0.25) is 5.91 Å². The summed E-state index contributed by atoms with van der Waals surface area (Å²) in [6.07, 6.45) is 5.21. The minimum atomic E-state index is -0.929. The molecular formula is C33H34ClN7O2. The molecule has 5 aromatic rings. The number of benzene rings is 3. The summed E-state index contributed by atoms with van der Waals surface area (Å²) in [5, 5.41) is 10.4. The molecule has 10 heteroatoms. The van der Waals surface area contributed by atoms with E-state index in [0.29, 0.717) is 22.0 Å². The molecule has 5 rings (SSSR count). The summed E-state index contributed by atoms with van der Waals surface area (Å²) in [4.78, 5) is 31.0. The van der Waals surface area contributed by atoms with Gasteiger partial charge in [-0.25, -0.2) is 4.98 Å². The lowest BCUT2D eigenvalue weighted by molar-refractivity contribution is -0.118. The summed E-state index contributed by atoms with van der Waals surface area (Å²) in [6, 6.07) is 21.8. The molecule has 1 unspecified atom stereocenters. The van der Waals surface area contributed by atoms with E-state index in [1.165, 1.54) is 10.9 Å². The number of aromatic nitrogens is 4. The molecule has 43 heavy (non-hydrogen) atoms. The molecule has 0 radical (unpaired) electrons. The number of carbonyl (C=O) groups is 2. The normalized spacial score (nSPS) is 12.1. The lowest BCUT2D eigenvalue weighted by atomic mass is 9.91. The number of nitrogens with two attached hydrogens (primary N) is 1. The maximum Gasteiger partial charge on any atom is 0.270 e. The second-order valence-electron chi connectivity index (χ2n) is 11.1. The predicted molar refractivity (Wildman–Crippen MR) is 170 cm³/mol. The molecule has 0 saturated heterocycles. The lowest BCUT2D eigenvalue weighted by Crippen LogP contribution is -2.45. The number of hydrogen-bond acceptors (Lipinski definition) is 5. The summed E-state index contributed by atoms with van der Waals surface area (Å²) < 4.78 is 3.38. The van der Waals surface area contributed by atoms with Gasteiger partial charge >= 0.3 is 0 Å². The molecule has 0 fully saturated rings. The van der Waals surface area contributed by atoms with Crippen LogP contribution in [0.3, 0.4) is 0 Å². The summed E-state index contributed by atoms with van der Waals surface area (Å²) in [5.74, 6) is -0.797. The Bertz CT molecular complexity index is 1770. The first-order valence-corrected chi connectivity index (χ1v) is 14.2. The van der Waals surface area contributed by atoms with Crippen LogP contribution in [0.15, 0.2) is 91.5 Å². The van der Waals surface area contributed by atoms with E-state index in [9.17, 15) is 9.59 Å². The molecule has 2 heterocycles. The molecule has 1 atom stereocenters. The van der Waals surface area contributed by atoms with Crippen molar-refractivity contribution >= 4 is 29.1 Å². The first kappa shape index (κ1) is 29.8. The number of aryl methyl sites for hydroxylation is 2. The molecule has 4 N–H and O–H groups in total. The highest BCUT2D eigenvalue weighted by Gasteiger charge is 2.25. The SMILES string of the molecule is Cn1cncc1-c1ccc(NC(=O)C(Cc2cc(-c3cccc(C(C)(C)N)c3)ccc2Cl)NC(=O)c2ccnn2C)cc1. The van der Waals surface area contributed by atoms with E-state index < -0.39 is 17.5 Å². The van der Waals surface area contributed by atoms with Crippen molar-refractivity contribution in [2.24, 2.45) is 19.8 Å². The van der Waals surface area contributed by atoms with Gasteiger partial charge in [-0.05, 0) is 78.1 Å². The predicted octanol–water partition coefficient (Wildman–Crippen LogP) is 5.31. The average molecular weight is 596 g/mol. The Morgan fingerprint density at radius 3 is 2.35 bits per heavy atom. The molecule has 0 bridgehead atoms. The van der Waals surface area contributed by atoms with Gasteiger partial charge < -0.3 is 20.9 Å². The zero-order valence-electron chi connectivity index (χ0n) is 24.5. The number of anilines is 1. The molecule has 0 aliphatic heterocycles. The molecule has 2 aromatic heterocycles. The first-order chi connectivity index (χ1) is 20.5. The summed E-state index contributed by atoms with van der Waals surface area (Å²) >= 11 is 6.65. The number of nitrogens with zero attached hydrogens (tertiary/aromatic N) is 4. The fourth-order valence-electron chi connectivity index (χ4n) is 4.86. The Kier molecular flexibility index (Phi) is 8.47. The van der Waals surface area contributed by atoms with E-state index in [1.807, 2.05) is 86.1 Å².